The van der Waals surface area contributed by atoms with E-state index in [0.717, 1.165) is 42.5 Å². The minimum Gasteiger partial charge on any atom is -0.308 e. The van der Waals surface area contributed by atoms with Crippen molar-refractivity contribution in [2.75, 3.05) is 4.90 Å². The first-order valence-corrected chi connectivity index (χ1v) is 10.0. The molecule has 1 amide bonds. The van der Waals surface area contributed by atoms with E-state index in [9.17, 15) is 4.79 Å². The van der Waals surface area contributed by atoms with E-state index >= 15 is 0 Å². The fourth-order valence-corrected chi connectivity index (χ4v) is 4.79. The first-order valence-electron chi connectivity index (χ1n) is 9.15. The smallest absolute Gasteiger partial charge is 0.240 e. The number of thioether (sulfide) groups is 1. The lowest BCUT2D eigenvalue weighted by atomic mass is 10.1. The van der Waals surface area contributed by atoms with Crippen LogP contribution in [-0.4, -0.2) is 32.0 Å². The third-order valence-corrected chi connectivity index (χ3v) is 6.22. The van der Waals surface area contributed by atoms with E-state index in [1.165, 1.54) is 18.4 Å². The van der Waals surface area contributed by atoms with E-state index in [1.54, 1.807) is 11.8 Å². The van der Waals surface area contributed by atoms with Gasteiger partial charge in [0.25, 0.3) is 0 Å². The molecule has 132 valence electrons. The average Bonchev–Trinajstić information content (AvgIpc) is 3.04. The van der Waals surface area contributed by atoms with E-state index in [1.807, 2.05) is 24.0 Å². The molecule has 0 N–H and O–H groups in total. The number of fused-ring (bicyclic) bond motifs is 2. The van der Waals surface area contributed by atoms with Gasteiger partial charge in [-0.05, 0) is 44.7 Å². The zero-order chi connectivity index (χ0) is 17.4. The molecule has 0 unspecified atom stereocenters. The van der Waals surface area contributed by atoms with E-state index in [-0.39, 0.29) is 17.2 Å². The van der Waals surface area contributed by atoms with Crippen LogP contribution in [0.2, 0.25) is 0 Å². The van der Waals surface area contributed by atoms with E-state index in [2.05, 4.69) is 33.8 Å². The van der Waals surface area contributed by atoms with Crippen molar-refractivity contribution in [3.05, 3.63) is 35.7 Å². The summed E-state index contributed by atoms with van der Waals surface area (Å²) >= 11 is 1.54. The molecular weight excluding hydrogens is 332 g/mol. The van der Waals surface area contributed by atoms with Gasteiger partial charge in [-0.2, -0.15) is 0 Å². The maximum Gasteiger partial charge on any atom is 0.240 e. The molecule has 1 aromatic heterocycles. The number of amides is 1. The van der Waals surface area contributed by atoms with Gasteiger partial charge >= 0.3 is 0 Å². The quantitative estimate of drug-likeness (QED) is 0.790. The lowest BCUT2D eigenvalue weighted by molar-refractivity contribution is -0.118. The Balaban J connectivity index is 1.53. The lowest BCUT2D eigenvalue weighted by Crippen LogP contribution is -2.40. The molecule has 1 aromatic carbocycles. The molecule has 0 radical (unpaired) electrons. The second-order valence-corrected chi connectivity index (χ2v) is 8.32. The van der Waals surface area contributed by atoms with E-state index < -0.39 is 0 Å². The van der Waals surface area contributed by atoms with Crippen molar-refractivity contribution >= 4 is 23.4 Å². The number of benzene rings is 1. The van der Waals surface area contributed by atoms with Crippen LogP contribution in [0.5, 0.6) is 0 Å². The number of nitrogens with zero attached hydrogens (tertiary/aromatic N) is 4. The first-order chi connectivity index (χ1) is 12.1. The molecular formula is C19H24N4OS. The standard InChI is InChI=1S/C19H24N4OS/c1-13-12-15-8-5-6-9-16(15)23(13)18(24)14(2)25-19-21-20-17-10-4-3-7-11-22(17)19/h5-6,8-9,13-14H,3-4,7,10-12H2,1-2H3/t13-,14+/m1/s1. The Labute approximate surface area is 152 Å². The normalized spacial score (nSPS) is 20.7. The minimum atomic E-state index is -0.176. The average molecular weight is 356 g/mol. The van der Waals surface area contributed by atoms with E-state index in [0.29, 0.717) is 0 Å². The topological polar surface area (TPSA) is 51.0 Å². The van der Waals surface area contributed by atoms with Gasteiger partial charge < -0.3 is 9.47 Å². The van der Waals surface area contributed by atoms with Gasteiger partial charge in [0.2, 0.25) is 5.91 Å². The van der Waals surface area contributed by atoms with Gasteiger partial charge in [0.05, 0.1) is 5.25 Å². The molecule has 5 nitrogen and oxygen atoms in total. The Morgan fingerprint density at radius 1 is 1.24 bits per heavy atom. The molecule has 2 atom stereocenters. The van der Waals surface area contributed by atoms with E-state index in [4.69, 9.17) is 0 Å². The fourth-order valence-electron chi connectivity index (χ4n) is 3.85. The predicted octanol–water partition coefficient (Wildman–Crippen LogP) is 3.46. The molecule has 4 rings (SSSR count). The summed E-state index contributed by atoms with van der Waals surface area (Å²) in [6, 6.07) is 8.44. The molecule has 2 aromatic rings. The van der Waals surface area contributed by atoms with Crippen LogP contribution in [0, 0.1) is 0 Å². The van der Waals surface area contributed by atoms with Crippen molar-refractivity contribution in [2.45, 2.75) is 68.9 Å². The summed E-state index contributed by atoms with van der Waals surface area (Å²) in [7, 11) is 0. The number of rotatable bonds is 3. The number of anilines is 1. The highest BCUT2D eigenvalue weighted by Gasteiger charge is 2.34. The lowest BCUT2D eigenvalue weighted by Gasteiger charge is -2.25. The third kappa shape index (κ3) is 3.08. The van der Waals surface area contributed by atoms with Gasteiger partial charge in [-0.15, -0.1) is 10.2 Å². The van der Waals surface area contributed by atoms with Crippen molar-refractivity contribution in [1.82, 2.24) is 14.8 Å². The van der Waals surface area contributed by atoms with Gasteiger partial charge in [-0.1, -0.05) is 36.4 Å². The van der Waals surface area contributed by atoms with Crippen LogP contribution in [0.15, 0.2) is 29.4 Å². The number of para-hydroxylation sites is 1. The summed E-state index contributed by atoms with van der Waals surface area (Å²) in [5, 5.41) is 9.41. The highest BCUT2D eigenvalue weighted by molar-refractivity contribution is 8.00. The minimum absolute atomic E-state index is 0.161. The number of hydrogen-bond donors (Lipinski definition) is 0. The van der Waals surface area contributed by atoms with Crippen LogP contribution in [-0.2, 0) is 24.2 Å². The van der Waals surface area contributed by atoms with Gasteiger partial charge in [0, 0.05) is 24.7 Å². The second-order valence-electron chi connectivity index (χ2n) is 7.01. The predicted molar refractivity (Wildman–Crippen MR) is 100.0 cm³/mol. The van der Waals surface area contributed by atoms with Crippen LogP contribution in [0.25, 0.3) is 0 Å². The maximum atomic E-state index is 13.1. The molecule has 3 heterocycles. The van der Waals surface area contributed by atoms with Crippen molar-refractivity contribution < 1.29 is 4.79 Å². The molecule has 0 bridgehead atoms. The zero-order valence-corrected chi connectivity index (χ0v) is 15.6. The third-order valence-electron chi connectivity index (χ3n) is 5.15. The number of aryl methyl sites for hydroxylation is 1. The van der Waals surface area contributed by atoms with Crippen LogP contribution in [0.4, 0.5) is 5.69 Å². The summed E-state index contributed by atoms with van der Waals surface area (Å²) in [4.78, 5) is 15.1. The molecule has 0 aliphatic carbocycles. The summed E-state index contributed by atoms with van der Waals surface area (Å²) in [6.45, 7) is 5.08. The zero-order valence-electron chi connectivity index (χ0n) is 14.8. The number of carbonyl (C=O) groups excluding carboxylic acids is 1. The fraction of sp³-hybridized carbons (Fsp3) is 0.526. The molecule has 2 aliphatic rings. The Morgan fingerprint density at radius 3 is 2.96 bits per heavy atom. The summed E-state index contributed by atoms with van der Waals surface area (Å²) in [6.07, 6.45) is 5.51. The van der Waals surface area contributed by atoms with Crippen LogP contribution in [0.1, 0.15) is 44.5 Å². The highest BCUT2D eigenvalue weighted by atomic mass is 32.2. The monoisotopic (exact) mass is 356 g/mol. The van der Waals surface area contributed by atoms with Crippen LogP contribution >= 0.6 is 11.8 Å². The molecule has 2 aliphatic heterocycles. The molecule has 25 heavy (non-hydrogen) atoms. The Morgan fingerprint density at radius 2 is 2.08 bits per heavy atom. The second kappa shape index (κ2) is 6.83. The van der Waals surface area contributed by atoms with Crippen molar-refractivity contribution in [3.63, 3.8) is 0 Å². The molecule has 0 spiro atoms. The van der Waals surface area contributed by atoms with Crippen molar-refractivity contribution in [2.24, 2.45) is 0 Å². The Bertz CT molecular complexity index is 787. The number of aromatic nitrogens is 3. The summed E-state index contributed by atoms with van der Waals surface area (Å²) < 4.78 is 2.21. The Kier molecular flexibility index (Phi) is 4.54. The molecule has 0 fully saturated rings. The van der Waals surface area contributed by atoms with Crippen LogP contribution in [0.3, 0.4) is 0 Å². The van der Waals surface area contributed by atoms with Gasteiger partial charge in [-0.25, -0.2) is 0 Å². The number of hydrogen-bond acceptors (Lipinski definition) is 4. The number of carbonyl (C=O) groups is 1. The van der Waals surface area contributed by atoms with Crippen molar-refractivity contribution in [1.29, 1.82) is 0 Å². The molecule has 0 saturated heterocycles. The SMILES string of the molecule is C[C@H](Sc1nnc2n1CCCCC2)C(=O)N1c2ccccc2C[C@H]1C. The Hall–Kier alpha value is -1.82. The first kappa shape index (κ1) is 16.6. The summed E-state index contributed by atoms with van der Waals surface area (Å²) in [5.74, 6) is 1.23. The van der Waals surface area contributed by atoms with Gasteiger partial charge in [-0.3, -0.25) is 4.79 Å². The van der Waals surface area contributed by atoms with Gasteiger partial charge in [0.15, 0.2) is 5.16 Å². The van der Waals surface area contributed by atoms with Crippen LogP contribution < -0.4 is 4.90 Å². The molecule has 0 saturated carbocycles. The van der Waals surface area contributed by atoms with Gasteiger partial charge in [0.1, 0.15) is 5.82 Å². The largest absolute Gasteiger partial charge is 0.308 e. The van der Waals surface area contributed by atoms with Crippen molar-refractivity contribution in [3.8, 4) is 0 Å². The highest BCUT2D eigenvalue weighted by Crippen LogP contribution is 2.34. The maximum absolute atomic E-state index is 13.1. The molecule has 6 heteroatoms. The summed E-state index contributed by atoms with van der Waals surface area (Å²) in [5.41, 5.74) is 2.32.